The van der Waals surface area contributed by atoms with Crippen molar-refractivity contribution in [2.45, 2.75) is 26.4 Å². The molecule has 2 amide bonds. The van der Waals surface area contributed by atoms with Crippen molar-refractivity contribution in [1.29, 1.82) is 0 Å². The highest BCUT2D eigenvalue weighted by Gasteiger charge is 2.31. The third-order valence-corrected chi connectivity index (χ3v) is 4.09. The molecule has 3 rings (SSSR count). The van der Waals surface area contributed by atoms with Crippen molar-refractivity contribution in [1.82, 2.24) is 0 Å². The highest BCUT2D eigenvalue weighted by Crippen LogP contribution is 2.33. The summed E-state index contributed by atoms with van der Waals surface area (Å²) in [5.74, 6) is -0.222. The minimum atomic E-state index is -0.593. The molecule has 1 heterocycles. The summed E-state index contributed by atoms with van der Waals surface area (Å²) in [5, 5.41) is 2.65. The van der Waals surface area contributed by atoms with Crippen LogP contribution in [0, 0.1) is 12.7 Å². The van der Waals surface area contributed by atoms with Gasteiger partial charge >= 0.3 is 0 Å². The van der Waals surface area contributed by atoms with Gasteiger partial charge in [0.05, 0.1) is 5.69 Å². The first-order chi connectivity index (χ1) is 12.0. The van der Waals surface area contributed by atoms with E-state index in [4.69, 9.17) is 4.74 Å². The summed E-state index contributed by atoms with van der Waals surface area (Å²) in [7, 11) is 0. The molecule has 0 fully saturated rings. The number of anilines is 2. The van der Waals surface area contributed by atoms with Gasteiger partial charge in [-0.3, -0.25) is 9.59 Å². The third kappa shape index (κ3) is 3.63. The maximum atomic E-state index is 13.5. The lowest BCUT2D eigenvalue weighted by Gasteiger charge is -2.32. The standard InChI is InChI=1S/C19H19FN2O3/c1-12-7-8-14(11-15(12)20)21-18(23)9-10-22-16-5-3-4-6-17(16)25-13(2)19(22)24/h3-8,11,13H,9-10H2,1-2H3,(H,21,23)/t13-/m1/s1. The van der Waals surface area contributed by atoms with Crippen molar-refractivity contribution in [3.8, 4) is 5.75 Å². The number of para-hydroxylation sites is 2. The van der Waals surface area contributed by atoms with Gasteiger partial charge in [0.25, 0.3) is 5.91 Å². The van der Waals surface area contributed by atoms with Crippen LogP contribution in [0.25, 0.3) is 0 Å². The SMILES string of the molecule is Cc1ccc(NC(=O)CCN2C(=O)[C@@H](C)Oc3ccccc32)cc1F. The first-order valence-corrected chi connectivity index (χ1v) is 8.09. The molecule has 2 aromatic carbocycles. The molecule has 2 aromatic rings. The monoisotopic (exact) mass is 342 g/mol. The van der Waals surface area contributed by atoms with Gasteiger partial charge < -0.3 is 15.0 Å². The normalized spacial score (nSPS) is 16.2. The van der Waals surface area contributed by atoms with Crippen LogP contribution in [0.3, 0.4) is 0 Å². The number of ether oxygens (including phenoxy) is 1. The minimum absolute atomic E-state index is 0.0995. The Morgan fingerprint density at radius 2 is 2.04 bits per heavy atom. The summed E-state index contributed by atoms with van der Waals surface area (Å²) in [6, 6.07) is 11.8. The van der Waals surface area contributed by atoms with E-state index < -0.39 is 6.10 Å². The van der Waals surface area contributed by atoms with E-state index in [1.807, 2.05) is 12.1 Å². The van der Waals surface area contributed by atoms with Crippen molar-refractivity contribution in [2.75, 3.05) is 16.8 Å². The largest absolute Gasteiger partial charge is 0.479 e. The van der Waals surface area contributed by atoms with E-state index in [0.717, 1.165) is 0 Å². The lowest BCUT2D eigenvalue weighted by Crippen LogP contribution is -2.45. The predicted molar refractivity (Wildman–Crippen MR) is 93.3 cm³/mol. The lowest BCUT2D eigenvalue weighted by molar-refractivity contribution is -0.125. The molecule has 25 heavy (non-hydrogen) atoms. The van der Waals surface area contributed by atoms with E-state index in [-0.39, 0.29) is 30.6 Å². The van der Waals surface area contributed by atoms with Gasteiger partial charge in [0.2, 0.25) is 5.91 Å². The van der Waals surface area contributed by atoms with E-state index in [1.165, 1.54) is 6.07 Å². The minimum Gasteiger partial charge on any atom is -0.479 e. The second-order valence-corrected chi connectivity index (χ2v) is 5.98. The molecule has 0 saturated carbocycles. The molecule has 1 aliphatic heterocycles. The van der Waals surface area contributed by atoms with Crippen LogP contribution in [-0.4, -0.2) is 24.5 Å². The number of rotatable bonds is 4. The number of aryl methyl sites for hydroxylation is 1. The summed E-state index contributed by atoms with van der Waals surface area (Å²) in [6.45, 7) is 3.56. The molecule has 130 valence electrons. The van der Waals surface area contributed by atoms with Gasteiger partial charge in [-0.15, -0.1) is 0 Å². The van der Waals surface area contributed by atoms with E-state index in [0.29, 0.717) is 22.7 Å². The van der Waals surface area contributed by atoms with Crippen LogP contribution in [0.2, 0.25) is 0 Å². The van der Waals surface area contributed by atoms with Crippen molar-refractivity contribution in [3.05, 3.63) is 53.8 Å². The van der Waals surface area contributed by atoms with E-state index in [1.54, 1.807) is 43.0 Å². The van der Waals surface area contributed by atoms with Gasteiger partial charge in [-0.2, -0.15) is 0 Å². The number of carbonyl (C=O) groups is 2. The maximum Gasteiger partial charge on any atom is 0.267 e. The Hall–Kier alpha value is -2.89. The fourth-order valence-electron chi connectivity index (χ4n) is 2.70. The fraction of sp³-hybridized carbons (Fsp3) is 0.263. The highest BCUT2D eigenvalue weighted by molar-refractivity contribution is 6.00. The van der Waals surface area contributed by atoms with E-state index >= 15 is 0 Å². The average Bonchev–Trinajstić information content (AvgIpc) is 2.58. The molecule has 1 atom stereocenters. The molecular weight excluding hydrogens is 323 g/mol. The summed E-state index contributed by atoms with van der Waals surface area (Å²) in [6.07, 6.45) is -0.494. The van der Waals surface area contributed by atoms with Gasteiger partial charge in [0.1, 0.15) is 11.6 Å². The Balaban J connectivity index is 1.67. The summed E-state index contributed by atoms with van der Waals surface area (Å²) >= 11 is 0. The summed E-state index contributed by atoms with van der Waals surface area (Å²) < 4.78 is 19.1. The van der Waals surface area contributed by atoms with Crippen molar-refractivity contribution in [3.63, 3.8) is 0 Å². The van der Waals surface area contributed by atoms with Crippen LogP contribution < -0.4 is 15.0 Å². The van der Waals surface area contributed by atoms with Crippen LogP contribution in [-0.2, 0) is 9.59 Å². The number of nitrogens with zero attached hydrogens (tertiary/aromatic N) is 1. The molecule has 0 unspecified atom stereocenters. The number of benzene rings is 2. The van der Waals surface area contributed by atoms with Crippen LogP contribution in [0.1, 0.15) is 18.9 Å². The maximum absolute atomic E-state index is 13.5. The van der Waals surface area contributed by atoms with E-state index in [2.05, 4.69) is 5.32 Å². The number of nitrogens with one attached hydrogen (secondary N) is 1. The zero-order chi connectivity index (χ0) is 18.0. The molecule has 5 nitrogen and oxygen atoms in total. The van der Waals surface area contributed by atoms with Gasteiger partial charge in [-0.25, -0.2) is 4.39 Å². The van der Waals surface area contributed by atoms with Crippen molar-refractivity contribution >= 4 is 23.2 Å². The number of halogens is 1. The molecule has 0 bridgehead atoms. The lowest BCUT2D eigenvalue weighted by atomic mass is 10.1. The number of fused-ring (bicyclic) bond motifs is 1. The first kappa shape index (κ1) is 17.0. The van der Waals surface area contributed by atoms with Crippen molar-refractivity contribution in [2.24, 2.45) is 0 Å². The molecule has 0 spiro atoms. The van der Waals surface area contributed by atoms with Gasteiger partial charge in [-0.05, 0) is 43.7 Å². The highest BCUT2D eigenvalue weighted by atomic mass is 19.1. The second-order valence-electron chi connectivity index (χ2n) is 5.98. The van der Waals surface area contributed by atoms with Gasteiger partial charge in [0, 0.05) is 18.7 Å². The zero-order valence-electron chi connectivity index (χ0n) is 14.1. The molecule has 1 N–H and O–H groups in total. The number of carbonyl (C=O) groups excluding carboxylic acids is 2. The first-order valence-electron chi connectivity index (χ1n) is 8.09. The van der Waals surface area contributed by atoms with Crippen LogP contribution in [0.5, 0.6) is 5.75 Å². The molecule has 0 aromatic heterocycles. The Bertz CT molecular complexity index is 822. The smallest absolute Gasteiger partial charge is 0.267 e. The fourth-order valence-corrected chi connectivity index (χ4v) is 2.70. The predicted octanol–water partition coefficient (Wildman–Crippen LogP) is 3.28. The Labute approximate surface area is 145 Å². The molecule has 6 heteroatoms. The average molecular weight is 342 g/mol. The topological polar surface area (TPSA) is 58.6 Å². The second kappa shape index (κ2) is 6.93. The number of hydrogen-bond donors (Lipinski definition) is 1. The van der Waals surface area contributed by atoms with Crippen LogP contribution in [0.15, 0.2) is 42.5 Å². The van der Waals surface area contributed by atoms with Crippen molar-refractivity contribution < 1.29 is 18.7 Å². The quantitative estimate of drug-likeness (QED) is 0.928. The molecular formula is C19H19FN2O3. The molecule has 0 saturated heterocycles. The molecule has 0 aliphatic carbocycles. The molecule has 0 radical (unpaired) electrons. The number of amides is 2. The zero-order valence-corrected chi connectivity index (χ0v) is 14.1. The van der Waals surface area contributed by atoms with Crippen LogP contribution in [0.4, 0.5) is 15.8 Å². The third-order valence-electron chi connectivity index (χ3n) is 4.09. The Morgan fingerprint density at radius 3 is 2.80 bits per heavy atom. The summed E-state index contributed by atoms with van der Waals surface area (Å²) in [4.78, 5) is 26.1. The summed E-state index contributed by atoms with van der Waals surface area (Å²) in [5.41, 5.74) is 1.57. The van der Waals surface area contributed by atoms with Gasteiger partial charge in [0.15, 0.2) is 6.10 Å². The van der Waals surface area contributed by atoms with Crippen LogP contribution >= 0.6 is 0 Å². The number of hydrogen-bond acceptors (Lipinski definition) is 3. The Kier molecular flexibility index (Phi) is 4.70. The van der Waals surface area contributed by atoms with Gasteiger partial charge in [-0.1, -0.05) is 18.2 Å². The molecule has 1 aliphatic rings. The van der Waals surface area contributed by atoms with E-state index in [9.17, 15) is 14.0 Å². The Morgan fingerprint density at radius 1 is 1.28 bits per heavy atom.